The van der Waals surface area contributed by atoms with Gasteiger partial charge in [-0.05, 0) is 24.5 Å². The maximum Gasteiger partial charge on any atom is 0.416 e. The summed E-state index contributed by atoms with van der Waals surface area (Å²) in [6.45, 7) is 5.36. The normalized spacial score (nSPS) is 18.4. The van der Waals surface area contributed by atoms with Gasteiger partial charge in [-0.25, -0.2) is 0 Å². The third-order valence-electron chi connectivity index (χ3n) is 3.88. The molecule has 1 heterocycles. The second-order valence-corrected chi connectivity index (χ2v) is 6.32. The summed E-state index contributed by atoms with van der Waals surface area (Å²) >= 11 is 0. The molecule has 7 heteroatoms. The smallest absolute Gasteiger partial charge is 0.356 e. The monoisotopic (exact) mass is 345 g/mol. The molecule has 0 radical (unpaired) electrons. The lowest BCUT2D eigenvalue weighted by atomic mass is 10.0. The third kappa shape index (κ3) is 5.49. The Balaban J connectivity index is 1.81. The summed E-state index contributed by atoms with van der Waals surface area (Å²) in [5.74, 6) is -0.802. The van der Waals surface area contributed by atoms with Crippen molar-refractivity contribution in [3.05, 3.63) is 35.4 Å². The number of carbonyl (C=O) groups is 1. The molecule has 4 nitrogen and oxygen atoms in total. The van der Waals surface area contributed by atoms with Crippen LogP contribution in [0, 0.1) is 5.92 Å². The molecule has 1 fully saturated rings. The third-order valence-corrected chi connectivity index (χ3v) is 3.88. The average Bonchev–Trinajstić information content (AvgIpc) is 2.91. The quantitative estimate of drug-likeness (QED) is 0.862. The van der Waals surface area contributed by atoms with Crippen LogP contribution in [0.15, 0.2) is 24.3 Å². The van der Waals surface area contributed by atoms with E-state index in [-0.39, 0.29) is 18.2 Å². The summed E-state index contributed by atoms with van der Waals surface area (Å²) < 4.78 is 49.0. The van der Waals surface area contributed by atoms with E-state index in [1.807, 2.05) is 13.8 Å². The average molecular weight is 345 g/mol. The first-order chi connectivity index (χ1) is 11.2. The Kier molecular flexibility index (Phi) is 5.87. The molecule has 0 saturated carbocycles. The number of rotatable bonds is 6. The summed E-state index contributed by atoms with van der Waals surface area (Å²) in [5, 5.41) is 2.75. The number of hydrogen-bond donors (Lipinski definition) is 1. The van der Waals surface area contributed by atoms with E-state index in [0.717, 1.165) is 12.1 Å². The summed E-state index contributed by atoms with van der Waals surface area (Å²) in [4.78, 5) is 11.9. The summed E-state index contributed by atoms with van der Waals surface area (Å²) in [7, 11) is 0. The van der Waals surface area contributed by atoms with Gasteiger partial charge in [-0.3, -0.25) is 4.79 Å². The Bertz CT molecular complexity index is 568. The lowest BCUT2D eigenvalue weighted by Crippen LogP contribution is -2.35. The highest BCUT2D eigenvalue weighted by atomic mass is 19.4. The molecule has 1 atom stereocenters. The molecule has 1 aliphatic rings. The predicted molar refractivity (Wildman–Crippen MR) is 82.2 cm³/mol. The number of nitrogens with one attached hydrogen (secondary N) is 1. The molecule has 1 aromatic carbocycles. The molecule has 2 rings (SSSR count). The highest BCUT2D eigenvalue weighted by Gasteiger charge is 2.33. The minimum Gasteiger partial charge on any atom is -0.356 e. The second-order valence-electron chi connectivity index (χ2n) is 6.32. The van der Waals surface area contributed by atoms with Gasteiger partial charge in [0.15, 0.2) is 5.79 Å². The van der Waals surface area contributed by atoms with Crippen molar-refractivity contribution in [3.8, 4) is 0 Å². The van der Waals surface area contributed by atoms with Crippen LogP contribution in [0.4, 0.5) is 13.2 Å². The van der Waals surface area contributed by atoms with Crippen LogP contribution in [-0.4, -0.2) is 31.5 Å². The zero-order valence-electron chi connectivity index (χ0n) is 13.8. The molecule has 24 heavy (non-hydrogen) atoms. The molecule has 134 valence electrons. The van der Waals surface area contributed by atoms with Crippen LogP contribution in [-0.2, 0) is 26.9 Å². The van der Waals surface area contributed by atoms with Gasteiger partial charge in [-0.1, -0.05) is 25.1 Å². The van der Waals surface area contributed by atoms with Crippen LogP contribution < -0.4 is 5.32 Å². The van der Waals surface area contributed by atoms with Crippen LogP contribution in [0.3, 0.4) is 0 Å². The van der Waals surface area contributed by atoms with E-state index in [4.69, 9.17) is 9.47 Å². The molecule has 1 amide bonds. The SMILES string of the molecule is C[C@@H](CNC(=O)Cc1cccc(C(F)(F)F)c1)CC1(C)OCCO1. The number of alkyl halides is 3. The number of ether oxygens (including phenoxy) is 2. The summed E-state index contributed by atoms with van der Waals surface area (Å²) in [6, 6.07) is 4.82. The predicted octanol–water partition coefficient (Wildman–Crippen LogP) is 3.15. The highest BCUT2D eigenvalue weighted by molar-refractivity contribution is 5.78. The van der Waals surface area contributed by atoms with E-state index >= 15 is 0 Å². The van der Waals surface area contributed by atoms with E-state index in [0.29, 0.717) is 31.7 Å². The van der Waals surface area contributed by atoms with Gasteiger partial charge in [0.05, 0.1) is 25.2 Å². The first-order valence-corrected chi connectivity index (χ1v) is 7.89. The fourth-order valence-corrected chi connectivity index (χ4v) is 2.77. The molecule has 1 N–H and O–H groups in total. The fourth-order valence-electron chi connectivity index (χ4n) is 2.77. The second kappa shape index (κ2) is 7.53. The Labute approximate surface area is 139 Å². The lowest BCUT2D eigenvalue weighted by Gasteiger charge is -2.26. The standard InChI is InChI=1S/C17H22F3NO3/c1-12(10-16(2)23-6-7-24-16)11-21-15(22)9-13-4-3-5-14(8-13)17(18,19)20/h3-5,8,12H,6-7,9-11H2,1-2H3,(H,21,22)/t12-/m1/s1. The van der Waals surface area contributed by atoms with Crippen LogP contribution in [0.1, 0.15) is 31.4 Å². The van der Waals surface area contributed by atoms with Gasteiger partial charge in [0.25, 0.3) is 0 Å². The molecule has 1 saturated heterocycles. The van der Waals surface area contributed by atoms with Crippen LogP contribution in [0.25, 0.3) is 0 Å². The van der Waals surface area contributed by atoms with Crippen LogP contribution in [0.2, 0.25) is 0 Å². The molecular formula is C17H22F3NO3. The number of amides is 1. The number of benzene rings is 1. The first kappa shape index (κ1) is 18.7. The van der Waals surface area contributed by atoms with Crippen molar-refractivity contribution in [3.63, 3.8) is 0 Å². The lowest BCUT2D eigenvalue weighted by molar-refractivity contribution is -0.154. The van der Waals surface area contributed by atoms with Gasteiger partial charge in [-0.2, -0.15) is 13.2 Å². The van der Waals surface area contributed by atoms with Crippen molar-refractivity contribution in [2.45, 2.75) is 38.7 Å². The molecule has 1 aliphatic heterocycles. The van der Waals surface area contributed by atoms with Gasteiger partial charge in [0, 0.05) is 13.0 Å². The van der Waals surface area contributed by atoms with E-state index in [1.165, 1.54) is 12.1 Å². The van der Waals surface area contributed by atoms with Crippen molar-refractivity contribution in [1.82, 2.24) is 5.32 Å². The zero-order valence-corrected chi connectivity index (χ0v) is 13.8. The Morgan fingerprint density at radius 3 is 2.62 bits per heavy atom. The zero-order chi connectivity index (χ0) is 17.8. The summed E-state index contributed by atoms with van der Waals surface area (Å²) in [5.41, 5.74) is -0.408. The maximum atomic E-state index is 12.7. The Morgan fingerprint density at radius 1 is 1.33 bits per heavy atom. The fraction of sp³-hybridized carbons (Fsp3) is 0.588. The highest BCUT2D eigenvalue weighted by Crippen LogP contribution is 2.29. The Hall–Kier alpha value is -1.60. The van der Waals surface area contributed by atoms with Crippen molar-refractivity contribution in [2.24, 2.45) is 5.92 Å². The summed E-state index contributed by atoms with van der Waals surface area (Å²) in [6.07, 6.45) is -3.85. The van der Waals surface area contributed by atoms with Gasteiger partial charge in [0.2, 0.25) is 5.91 Å². The van der Waals surface area contributed by atoms with E-state index in [9.17, 15) is 18.0 Å². The first-order valence-electron chi connectivity index (χ1n) is 7.89. The number of hydrogen-bond acceptors (Lipinski definition) is 3. The molecule has 0 bridgehead atoms. The van der Waals surface area contributed by atoms with E-state index < -0.39 is 17.5 Å². The number of halogens is 3. The van der Waals surface area contributed by atoms with Gasteiger partial charge < -0.3 is 14.8 Å². The van der Waals surface area contributed by atoms with Crippen molar-refractivity contribution in [2.75, 3.05) is 19.8 Å². The number of carbonyl (C=O) groups excluding carboxylic acids is 1. The van der Waals surface area contributed by atoms with E-state index in [2.05, 4.69) is 5.32 Å². The molecule has 0 aromatic heterocycles. The van der Waals surface area contributed by atoms with Crippen LogP contribution >= 0.6 is 0 Å². The minimum absolute atomic E-state index is 0.0824. The van der Waals surface area contributed by atoms with E-state index in [1.54, 1.807) is 0 Å². The van der Waals surface area contributed by atoms with Crippen molar-refractivity contribution >= 4 is 5.91 Å². The van der Waals surface area contributed by atoms with Crippen molar-refractivity contribution in [1.29, 1.82) is 0 Å². The molecule has 0 aliphatic carbocycles. The van der Waals surface area contributed by atoms with Crippen molar-refractivity contribution < 1.29 is 27.4 Å². The minimum atomic E-state index is -4.41. The molecule has 1 aromatic rings. The van der Waals surface area contributed by atoms with Gasteiger partial charge in [0.1, 0.15) is 0 Å². The Morgan fingerprint density at radius 2 is 2.00 bits per heavy atom. The molecular weight excluding hydrogens is 323 g/mol. The maximum absolute atomic E-state index is 12.7. The molecule has 0 spiro atoms. The van der Waals surface area contributed by atoms with Crippen LogP contribution in [0.5, 0.6) is 0 Å². The molecule has 0 unspecified atom stereocenters. The largest absolute Gasteiger partial charge is 0.416 e. The van der Waals surface area contributed by atoms with Gasteiger partial charge in [-0.15, -0.1) is 0 Å². The van der Waals surface area contributed by atoms with Gasteiger partial charge >= 0.3 is 6.18 Å². The topological polar surface area (TPSA) is 47.6 Å².